The molecule has 2 aromatic rings. The fourth-order valence-corrected chi connectivity index (χ4v) is 1.00. The molecule has 0 aliphatic carbocycles. The van der Waals surface area contributed by atoms with Crippen LogP contribution in [0.25, 0.3) is 11.2 Å². The SMILES string of the molecule is CC.CC(C)n1nc2cccnc2n1. The lowest BCUT2D eigenvalue weighted by Gasteiger charge is -1.99. The average Bonchev–Trinajstić information content (AvgIpc) is 2.64. The second kappa shape index (κ2) is 4.69. The Kier molecular flexibility index (Phi) is 3.56. The maximum atomic E-state index is 4.26. The molecule has 0 aromatic carbocycles. The van der Waals surface area contributed by atoms with E-state index < -0.39 is 0 Å². The van der Waals surface area contributed by atoms with Crippen LogP contribution in [-0.2, 0) is 0 Å². The van der Waals surface area contributed by atoms with E-state index in [1.807, 2.05) is 39.8 Å². The van der Waals surface area contributed by atoms with E-state index in [1.165, 1.54) is 0 Å². The fraction of sp³-hybridized carbons (Fsp3) is 0.500. The van der Waals surface area contributed by atoms with E-state index in [-0.39, 0.29) is 0 Å². The normalized spacial score (nSPS) is 10.1. The van der Waals surface area contributed by atoms with E-state index in [2.05, 4.69) is 15.2 Å². The molecule has 0 atom stereocenters. The Balaban J connectivity index is 0.000000461. The molecule has 2 heterocycles. The Morgan fingerprint density at radius 3 is 2.50 bits per heavy atom. The van der Waals surface area contributed by atoms with Gasteiger partial charge in [-0.3, -0.25) is 0 Å². The summed E-state index contributed by atoms with van der Waals surface area (Å²) >= 11 is 0. The first kappa shape index (κ1) is 10.6. The number of rotatable bonds is 1. The molecule has 0 fully saturated rings. The highest BCUT2D eigenvalue weighted by Gasteiger charge is 2.03. The molecule has 4 heteroatoms. The van der Waals surface area contributed by atoms with E-state index in [9.17, 15) is 0 Å². The van der Waals surface area contributed by atoms with Crippen molar-refractivity contribution in [3.05, 3.63) is 18.3 Å². The van der Waals surface area contributed by atoms with Gasteiger partial charge in [0.1, 0.15) is 5.52 Å². The largest absolute Gasteiger partial charge is 0.234 e. The van der Waals surface area contributed by atoms with Crippen LogP contribution in [-0.4, -0.2) is 20.0 Å². The first-order valence-corrected chi connectivity index (χ1v) is 4.95. The van der Waals surface area contributed by atoms with E-state index in [0.29, 0.717) is 11.7 Å². The average molecular weight is 192 g/mol. The van der Waals surface area contributed by atoms with Crippen molar-refractivity contribution in [2.45, 2.75) is 33.7 Å². The highest BCUT2D eigenvalue weighted by molar-refractivity contribution is 5.67. The second-order valence-electron chi connectivity index (χ2n) is 2.96. The summed E-state index contributed by atoms with van der Waals surface area (Å²) in [5.74, 6) is 0. The minimum Gasteiger partial charge on any atom is -0.234 e. The minimum absolute atomic E-state index is 0.291. The zero-order valence-electron chi connectivity index (χ0n) is 9.10. The first-order valence-electron chi connectivity index (χ1n) is 4.95. The Bertz CT molecular complexity index is 359. The van der Waals surface area contributed by atoms with Crippen molar-refractivity contribution in [1.29, 1.82) is 0 Å². The van der Waals surface area contributed by atoms with Crippen LogP contribution in [0.2, 0.25) is 0 Å². The molecule has 0 radical (unpaired) electrons. The number of hydrogen-bond donors (Lipinski definition) is 0. The second-order valence-corrected chi connectivity index (χ2v) is 2.96. The molecule has 0 spiro atoms. The van der Waals surface area contributed by atoms with Crippen LogP contribution in [0.5, 0.6) is 0 Å². The van der Waals surface area contributed by atoms with Crippen LogP contribution in [0, 0.1) is 0 Å². The third-order valence-corrected chi connectivity index (χ3v) is 1.64. The van der Waals surface area contributed by atoms with Gasteiger partial charge in [0.25, 0.3) is 0 Å². The van der Waals surface area contributed by atoms with Gasteiger partial charge in [0, 0.05) is 6.20 Å². The summed E-state index contributed by atoms with van der Waals surface area (Å²) in [6, 6.07) is 4.06. The summed E-state index contributed by atoms with van der Waals surface area (Å²) in [6.07, 6.45) is 1.72. The fourth-order valence-electron chi connectivity index (χ4n) is 1.00. The number of aromatic nitrogens is 4. The van der Waals surface area contributed by atoms with Gasteiger partial charge >= 0.3 is 0 Å². The Hall–Kier alpha value is -1.45. The molecular formula is C10H16N4. The Labute approximate surface area is 84.0 Å². The van der Waals surface area contributed by atoms with Crippen LogP contribution in [0.1, 0.15) is 33.7 Å². The van der Waals surface area contributed by atoms with Gasteiger partial charge in [-0.25, -0.2) is 4.98 Å². The smallest absolute Gasteiger partial charge is 0.201 e. The molecule has 0 amide bonds. The molecule has 0 unspecified atom stereocenters. The van der Waals surface area contributed by atoms with Crippen LogP contribution < -0.4 is 0 Å². The Morgan fingerprint density at radius 2 is 1.93 bits per heavy atom. The molecule has 76 valence electrons. The van der Waals surface area contributed by atoms with E-state index in [4.69, 9.17) is 0 Å². The van der Waals surface area contributed by atoms with E-state index in [1.54, 1.807) is 11.0 Å². The first-order chi connectivity index (χ1) is 6.77. The molecule has 0 bridgehead atoms. The lowest BCUT2D eigenvalue weighted by Crippen LogP contribution is -2.04. The van der Waals surface area contributed by atoms with Crippen molar-refractivity contribution >= 4 is 11.2 Å². The molecule has 0 aliphatic rings. The molecule has 2 rings (SSSR count). The molecule has 0 aliphatic heterocycles. The third kappa shape index (κ3) is 2.07. The van der Waals surface area contributed by atoms with Gasteiger partial charge in [0.2, 0.25) is 5.65 Å². The predicted molar refractivity (Wildman–Crippen MR) is 57.1 cm³/mol. The molecule has 0 saturated heterocycles. The van der Waals surface area contributed by atoms with Crippen LogP contribution >= 0.6 is 0 Å². The van der Waals surface area contributed by atoms with Crippen molar-refractivity contribution in [3.63, 3.8) is 0 Å². The lowest BCUT2D eigenvalue weighted by molar-refractivity contribution is 0.471. The van der Waals surface area contributed by atoms with Gasteiger partial charge in [0.15, 0.2) is 0 Å². The molecular weight excluding hydrogens is 176 g/mol. The molecule has 4 nitrogen and oxygen atoms in total. The molecule has 0 N–H and O–H groups in total. The highest BCUT2D eigenvalue weighted by atomic mass is 15.5. The van der Waals surface area contributed by atoms with E-state index >= 15 is 0 Å². The zero-order valence-corrected chi connectivity index (χ0v) is 9.10. The topological polar surface area (TPSA) is 43.6 Å². The van der Waals surface area contributed by atoms with Crippen molar-refractivity contribution < 1.29 is 0 Å². The zero-order chi connectivity index (χ0) is 10.6. The van der Waals surface area contributed by atoms with Gasteiger partial charge in [-0.2, -0.15) is 9.90 Å². The highest BCUT2D eigenvalue weighted by Crippen LogP contribution is 2.07. The summed E-state index contributed by atoms with van der Waals surface area (Å²) < 4.78 is 0. The summed E-state index contributed by atoms with van der Waals surface area (Å²) in [7, 11) is 0. The van der Waals surface area contributed by atoms with Crippen molar-refractivity contribution in [3.8, 4) is 0 Å². The maximum absolute atomic E-state index is 4.26. The number of nitrogens with zero attached hydrogens (tertiary/aromatic N) is 4. The lowest BCUT2D eigenvalue weighted by atomic mass is 10.4. The number of hydrogen-bond acceptors (Lipinski definition) is 3. The molecule has 14 heavy (non-hydrogen) atoms. The summed E-state index contributed by atoms with van der Waals surface area (Å²) in [4.78, 5) is 5.77. The third-order valence-electron chi connectivity index (χ3n) is 1.64. The quantitative estimate of drug-likeness (QED) is 0.697. The Morgan fingerprint density at radius 1 is 1.21 bits per heavy atom. The van der Waals surface area contributed by atoms with Crippen LogP contribution in [0.3, 0.4) is 0 Å². The summed E-state index contributed by atoms with van der Waals surface area (Å²) in [5.41, 5.74) is 1.57. The standard InChI is InChI=1S/C8H10N4.C2H6/c1-6(2)12-10-7-4-3-5-9-8(7)11-12;1-2/h3-6H,1-2H3;1-2H3. The van der Waals surface area contributed by atoms with Crippen LogP contribution in [0.15, 0.2) is 18.3 Å². The van der Waals surface area contributed by atoms with Crippen molar-refractivity contribution in [1.82, 2.24) is 20.0 Å². The van der Waals surface area contributed by atoms with Gasteiger partial charge in [-0.15, -0.1) is 5.10 Å². The van der Waals surface area contributed by atoms with Gasteiger partial charge < -0.3 is 0 Å². The van der Waals surface area contributed by atoms with Crippen molar-refractivity contribution in [2.75, 3.05) is 0 Å². The van der Waals surface area contributed by atoms with Gasteiger partial charge in [0.05, 0.1) is 6.04 Å². The maximum Gasteiger partial charge on any atom is 0.201 e. The van der Waals surface area contributed by atoms with Gasteiger partial charge in [-0.05, 0) is 26.0 Å². The van der Waals surface area contributed by atoms with E-state index in [0.717, 1.165) is 5.52 Å². The summed E-state index contributed by atoms with van der Waals surface area (Å²) in [5, 5.41) is 8.46. The number of pyridine rings is 1. The minimum atomic E-state index is 0.291. The molecule has 0 saturated carbocycles. The monoisotopic (exact) mass is 192 g/mol. The predicted octanol–water partition coefficient (Wildman–Crippen LogP) is 2.43. The van der Waals surface area contributed by atoms with Gasteiger partial charge in [-0.1, -0.05) is 13.8 Å². The molecule has 2 aromatic heterocycles. The van der Waals surface area contributed by atoms with Crippen molar-refractivity contribution in [2.24, 2.45) is 0 Å². The van der Waals surface area contributed by atoms with Crippen LogP contribution in [0.4, 0.5) is 0 Å². The summed E-state index contributed by atoms with van der Waals surface area (Å²) in [6.45, 7) is 8.08. The number of fused-ring (bicyclic) bond motifs is 1.